The second kappa shape index (κ2) is 10.7. The zero-order valence-electron chi connectivity index (χ0n) is 19.7. The SMILES string of the molecule is O=C(Nc1ccc(Oc2ccc3ccccc3c2Cl)c(Cl)c1)c1cc([N+](=O)[O-])ccc1N1CCCCC1. The second-order valence-corrected chi connectivity index (χ2v) is 9.59. The maximum absolute atomic E-state index is 13.3. The summed E-state index contributed by atoms with van der Waals surface area (Å²) in [6.07, 6.45) is 3.15. The first-order chi connectivity index (χ1) is 17.9. The Kier molecular flexibility index (Phi) is 7.17. The van der Waals surface area contributed by atoms with Crippen LogP contribution in [0.25, 0.3) is 10.8 Å². The van der Waals surface area contributed by atoms with Crippen molar-refractivity contribution in [2.45, 2.75) is 19.3 Å². The highest BCUT2D eigenvalue weighted by atomic mass is 35.5. The van der Waals surface area contributed by atoms with Gasteiger partial charge in [-0.1, -0.05) is 53.5 Å². The van der Waals surface area contributed by atoms with E-state index in [1.807, 2.05) is 30.3 Å². The highest BCUT2D eigenvalue weighted by Gasteiger charge is 2.22. The molecule has 188 valence electrons. The molecule has 0 spiro atoms. The Morgan fingerprint density at radius 3 is 2.43 bits per heavy atom. The summed E-state index contributed by atoms with van der Waals surface area (Å²) in [5, 5.41) is 16.8. The normalized spacial score (nSPS) is 13.4. The number of piperidine rings is 1. The molecule has 5 rings (SSSR count). The maximum Gasteiger partial charge on any atom is 0.270 e. The number of anilines is 2. The van der Waals surface area contributed by atoms with Gasteiger partial charge in [0.2, 0.25) is 0 Å². The van der Waals surface area contributed by atoms with E-state index in [2.05, 4.69) is 10.2 Å². The van der Waals surface area contributed by atoms with Gasteiger partial charge in [0.05, 0.1) is 26.2 Å². The first-order valence-electron chi connectivity index (χ1n) is 11.9. The van der Waals surface area contributed by atoms with Crippen LogP contribution in [-0.2, 0) is 0 Å². The molecular weight excluding hydrogens is 513 g/mol. The zero-order valence-corrected chi connectivity index (χ0v) is 21.3. The summed E-state index contributed by atoms with van der Waals surface area (Å²) in [6.45, 7) is 1.60. The molecule has 1 N–H and O–H groups in total. The Bertz CT molecular complexity index is 1500. The third-order valence-electron chi connectivity index (χ3n) is 6.37. The van der Waals surface area contributed by atoms with Crippen molar-refractivity contribution >= 4 is 56.9 Å². The van der Waals surface area contributed by atoms with Gasteiger partial charge < -0.3 is 15.0 Å². The molecule has 0 aliphatic carbocycles. The summed E-state index contributed by atoms with van der Waals surface area (Å²) in [7, 11) is 0. The van der Waals surface area contributed by atoms with Gasteiger partial charge in [-0.15, -0.1) is 0 Å². The molecule has 7 nitrogen and oxygen atoms in total. The number of nitro groups is 1. The molecule has 1 fully saturated rings. The van der Waals surface area contributed by atoms with E-state index in [4.69, 9.17) is 27.9 Å². The molecule has 0 bridgehead atoms. The zero-order chi connectivity index (χ0) is 25.9. The van der Waals surface area contributed by atoms with Gasteiger partial charge in [-0.3, -0.25) is 14.9 Å². The fourth-order valence-electron chi connectivity index (χ4n) is 4.50. The first kappa shape index (κ1) is 24.9. The molecule has 37 heavy (non-hydrogen) atoms. The predicted octanol–water partition coefficient (Wildman–Crippen LogP) is 8.09. The van der Waals surface area contributed by atoms with Gasteiger partial charge in [-0.2, -0.15) is 0 Å². The number of hydrogen-bond acceptors (Lipinski definition) is 5. The standard InChI is InChI=1S/C28H23Cl2N3O4/c29-23-16-19(9-13-25(23)37-26-12-8-18-6-2-3-7-21(18)27(26)30)31-28(34)22-17-20(33(35)36)10-11-24(22)32-14-4-1-5-15-32/h2-3,6-13,16-17H,1,4-5,14-15H2,(H,31,34). The first-order valence-corrected chi connectivity index (χ1v) is 12.7. The monoisotopic (exact) mass is 535 g/mol. The summed E-state index contributed by atoms with van der Waals surface area (Å²) in [5.74, 6) is 0.384. The molecule has 0 unspecified atom stereocenters. The quantitative estimate of drug-likeness (QED) is 0.199. The molecule has 4 aromatic carbocycles. The van der Waals surface area contributed by atoms with Crippen molar-refractivity contribution in [2.75, 3.05) is 23.3 Å². The number of carbonyl (C=O) groups is 1. The van der Waals surface area contributed by atoms with Crippen molar-refractivity contribution in [3.8, 4) is 11.5 Å². The number of ether oxygens (including phenoxy) is 1. The third-order valence-corrected chi connectivity index (χ3v) is 7.06. The lowest BCUT2D eigenvalue weighted by atomic mass is 10.1. The average molecular weight is 536 g/mol. The number of hydrogen-bond donors (Lipinski definition) is 1. The smallest absolute Gasteiger partial charge is 0.270 e. The molecular formula is C28H23Cl2N3O4. The second-order valence-electron chi connectivity index (χ2n) is 8.81. The number of amides is 1. The van der Waals surface area contributed by atoms with E-state index >= 15 is 0 Å². The van der Waals surface area contributed by atoms with Gasteiger partial charge >= 0.3 is 0 Å². The van der Waals surface area contributed by atoms with Gasteiger partial charge in [0.25, 0.3) is 11.6 Å². The molecule has 0 saturated carbocycles. The lowest BCUT2D eigenvalue weighted by molar-refractivity contribution is -0.384. The van der Waals surface area contributed by atoms with Gasteiger partial charge in [0, 0.05) is 36.3 Å². The molecule has 1 heterocycles. The third kappa shape index (κ3) is 5.33. The van der Waals surface area contributed by atoms with Crippen LogP contribution in [0, 0.1) is 10.1 Å². The van der Waals surface area contributed by atoms with Gasteiger partial charge in [-0.25, -0.2) is 0 Å². The molecule has 0 atom stereocenters. The summed E-state index contributed by atoms with van der Waals surface area (Å²) in [5.41, 5.74) is 1.22. The number of rotatable bonds is 6. The van der Waals surface area contributed by atoms with Crippen LogP contribution in [0.3, 0.4) is 0 Å². The van der Waals surface area contributed by atoms with E-state index in [-0.39, 0.29) is 16.3 Å². The molecule has 1 aliphatic rings. The van der Waals surface area contributed by atoms with Crippen LogP contribution in [0.15, 0.2) is 72.8 Å². The van der Waals surface area contributed by atoms with E-state index in [0.717, 1.165) is 43.1 Å². The number of non-ortho nitro benzene ring substituents is 1. The Labute approximate surface area is 223 Å². The number of nitrogens with one attached hydrogen (secondary N) is 1. The number of fused-ring (bicyclic) bond motifs is 1. The van der Waals surface area contributed by atoms with Crippen LogP contribution < -0.4 is 15.0 Å². The predicted molar refractivity (Wildman–Crippen MR) is 148 cm³/mol. The van der Waals surface area contributed by atoms with Crippen molar-refractivity contribution in [1.82, 2.24) is 0 Å². The van der Waals surface area contributed by atoms with E-state index in [9.17, 15) is 14.9 Å². The molecule has 1 saturated heterocycles. The Hall–Kier alpha value is -3.81. The number of halogens is 2. The highest BCUT2D eigenvalue weighted by Crippen LogP contribution is 2.38. The highest BCUT2D eigenvalue weighted by molar-refractivity contribution is 6.37. The minimum absolute atomic E-state index is 0.139. The fourth-order valence-corrected chi connectivity index (χ4v) is 4.99. The van der Waals surface area contributed by atoms with Crippen LogP contribution in [0.2, 0.25) is 10.0 Å². The minimum Gasteiger partial charge on any atom is -0.454 e. The van der Waals surface area contributed by atoms with Crippen molar-refractivity contribution in [3.05, 3.63) is 98.5 Å². The summed E-state index contributed by atoms with van der Waals surface area (Å²) < 4.78 is 5.97. The summed E-state index contributed by atoms with van der Waals surface area (Å²) >= 11 is 13.0. The largest absolute Gasteiger partial charge is 0.454 e. The van der Waals surface area contributed by atoms with E-state index < -0.39 is 10.8 Å². The lowest BCUT2D eigenvalue weighted by Gasteiger charge is -2.30. The molecule has 1 amide bonds. The number of carbonyl (C=O) groups excluding carboxylic acids is 1. The summed E-state index contributed by atoms with van der Waals surface area (Å²) in [4.78, 5) is 26.2. The van der Waals surface area contributed by atoms with Crippen LogP contribution in [0.4, 0.5) is 17.1 Å². The fraction of sp³-hybridized carbons (Fsp3) is 0.179. The Morgan fingerprint density at radius 2 is 1.68 bits per heavy atom. The van der Waals surface area contributed by atoms with Crippen LogP contribution in [-0.4, -0.2) is 23.9 Å². The average Bonchev–Trinajstić information content (AvgIpc) is 2.92. The van der Waals surface area contributed by atoms with Crippen molar-refractivity contribution in [2.24, 2.45) is 0 Å². The lowest BCUT2D eigenvalue weighted by Crippen LogP contribution is -2.31. The summed E-state index contributed by atoms with van der Waals surface area (Å²) in [6, 6.07) is 20.7. The van der Waals surface area contributed by atoms with E-state index in [1.54, 1.807) is 30.3 Å². The van der Waals surface area contributed by atoms with E-state index in [1.165, 1.54) is 12.1 Å². The topological polar surface area (TPSA) is 84.7 Å². The minimum atomic E-state index is -0.502. The van der Waals surface area contributed by atoms with Gasteiger partial charge in [0.15, 0.2) is 0 Å². The van der Waals surface area contributed by atoms with E-state index in [0.29, 0.717) is 27.9 Å². The van der Waals surface area contributed by atoms with Crippen molar-refractivity contribution < 1.29 is 14.5 Å². The molecule has 1 aliphatic heterocycles. The maximum atomic E-state index is 13.3. The Balaban J connectivity index is 1.38. The molecule has 9 heteroatoms. The number of nitrogens with zero attached hydrogens (tertiary/aromatic N) is 2. The number of nitro benzene ring substituents is 1. The Morgan fingerprint density at radius 1 is 0.919 bits per heavy atom. The molecule has 4 aromatic rings. The van der Waals surface area contributed by atoms with Crippen LogP contribution in [0.5, 0.6) is 11.5 Å². The molecule has 0 aromatic heterocycles. The number of benzene rings is 4. The van der Waals surface area contributed by atoms with Crippen molar-refractivity contribution in [1.29, 1.82) is 0 Å². The van der Waals surface area contributed by atoms with Crippen molar-refractivity contribution in [3.63, 3.8) is 0 Å². The van der Waals surface area contributed by atoms with Crippen LogP contribution >= 0.6 is 23.2 Å². The molecule has 0 radical (unpaired) electrons. The van der Waals surface area contributed by atoms with Gasteiger partial charge in [0.1, 0.15) is 11.5 Å². The van der Waals surface area contributed by atoms with Gasteiger partial charge in [-0.05, 0) is 55.0 Å². The van der Waals surface area contributed by atoms with Crippen LogP contribution in [0.1, 0.15) is 29.6 Å².